The second-order valence-corrected chi connectivity index (χ2v) is 6.86. The van der Waals surface area contributed by atoms with Crippen LogP contribution in [-0.2, 0) is 6.54 Å². The molecule has 0 aliphatic heterocycles. The van der Waals surface area contributed by atoms with E-state index in [1.165, 1.54) is 35.6 Å². The second kappa shape index (κ2) is 7.06. The predicted molar refractivity (Wildman–Crippen MR) is 102 cm³/mol. The third kappa shape index (κ3) is 3.34. The lowest BCUT2D eigenvalue weighted by Gasteiger charge is -2.05. The van der Waals surface area contributed by atoms with Gasteiger partial charge in [0, 0.05) is 5.56 Å². The molecule has 26 heavy (non-hydrogen) atoms. The highest BCUT2D eigenvalue weighted by Crippen LogP contribution is 2.18. The molecule has 0 bridgehead atoms. The number of halogens is 1. The molecule has 128 valence electrons. The summed E-state index contributed by atoms with van der Waals surface area (Å²) in [6, 6.07) is 23.5. The van der Waals surface area contributed by atoms with E-state index in [2.05, 4.69) is 4.99 Å². The summed E-state index contributed by atoms with van der Waals surface area (Å²) < 4.78 is 16.2. The van der Waals surface area contributed by atoms with Crippen LogP contribution in [-0.4, -0.2) is 10.5 Å². The zero-order valence-corrected chi connectivity index (χ0v) is 14.6. The van der Waals surface area contributed by atoms with Crippen LogP contribution in [0, 0.1) is 5.82 Å². The van der Waals surface area contributed by atoms with Crippen molar-refractivity contribution in [1.29, 1.82) is 0 Å². The first-order chi connectivity index (χ1) is 12.7. The number of thiazole rings is 1. The number of hydrogen-bond acceptors (Lipinski definition) is 2. The van der Waals surface area contributed by atoms with Gasteiger partial charge in [0.25, 0.3) is 5.91 Å². The zero-order chi connectivity index (χ0) is 17.9. The normalized spacial score (nSPS) is 11.8. The van der Waals surface area contributed by atoms with Crippen molar-refractivity contribution in [3.8, 4) is 0 Å². The molecule has 0 atom stereocenters. The molecule has 0 spiro atoms. The number of nitrogens with zero attached hydrogens (tertiary/aromatic N) is 2. The summed E-state index contributed by atoms with van der Waals surface area (Å²) >= 11 is 1.47. The van der Waals surface area contributed by atoms with Crippen LogP contribution in [0.2, 0.25) is 0 Å². The van der Waals surface area contributed by atoms with E-state index in [1.807, 2.05) is 59.2 Å². The molecule has 1 amide bonds. The summed E-state index contributed by atoms with van der Waals surface area (Å²) in [6.45, 7) is 0.625. The Morgan fingerprint density at radius 1 is 0.923 bits per heavy atom. The summed E-state index contributed by atoms with van der Waals surface area (Å²) in [5, 5.41) is 0. The van der Waals surface area contributed by atoms with E-state index in [0.717, 1.165) is 15.8 Å². The fourth-order valence-corrected chi connectivity index (χ4v) is 3.80. The summed E-state index contributed by atoms with van der Waals surface area (Å²) in [5.41, 5.74) is 2.54. The predicted octanol–water partition coefficient (Wildman–Crippen LogP) is 4.63. The van der Waals surface area contributed by atoms with Crippen LogP contribution in [0.25, 0.3) is 10.2 Å². The highest BCUT2D eigenvalue weighted by Gasteiger charge is 2.09. The van der Waals surface area contributed by atoms with Gasteiger partial charge in [0.2, 0.25) is 0 Å². The quantitative estimate of drug-likeness (QED) is 0.523. The van der Waals surface area contributed by atoms with Crippen molar-refractivity contribution in [3.63, 3.8) is 0 Å². The molecule has 1 aromatic heterocycles. The number of aromatic nitrogens is 1. The summed E-state index contributed by atoms with van der Waals surface area (Å²) in [4.78, 5) is 17.5. The van der Waals surface area contributed by atoms with Gasteiger partial charge in [0.1, 0.15) is 5.82 Å². The average Bonchev–Trinajstić information content (AvgIpc) is 3.00. The maximum atomic E-state index is 13.1. The number of carbonyl (C=O) groups excluding carboxylic acids is 1. The van der Waals surface area contributed by atoms with Gasteiger partial charge >= 0.3 is 0 Å². The van der Waals surface area contributed by atoms with E-state index in [4.69, 9.17) is 0 Å². The number of carbonyl (C=O) groups is 1. The number of rotatable bonds is 3. The molecule has 3 aromatic carbocycles. The topological polar surface area (TPSA) is 34.4 Å². The molecule has 5 heteroatoms. The van der Waals surface area contributed by atoms with Gasteiger partial charge in [-0.2, -0.15) is 4.99 Å². The Morgan fingerprint density at radius 3 is 2.38 bits per heavy atom. The minimum absolute atomic E-state index is 0.370. The van der Waals surface area contributed by atoms with Crippen LogP contribution in [0.15, 0.2) is 83.9 Å². The number of para-hydroxylation sites is 1. The van der Waals surface area contributed by atoms with Crippen molar-refractivity contribution in [2.75, 3.05) is 0 Å². The van der Waals surface area contributed by atoms with Gasteiger partial charge in [0.15, 0.2) is 4.80 Å². The molecule has 3 nitrogen and oxygen atoms in total. The first-order valence-corrected chi connectivity index (χ1v) is 8.99. The maximum Gasteiger partial charge on any atom is 0.279 e. The van der Waals surface area contributed by atoms with Gasteiger partial charge in [-0.25, -0.2) is 4.39 Å². The van der Waals surface area contributed by atoms with E-state index in [1.54, 1.807) is 0 Å². The molecule has 0 fully saturated rings. The molecule has 0 unspecified atom stereocenters. The molecule has 0 aliphatic carbocycles. The average molecular weight is 362 g/mol. The van der Waals surface area contributed by atoms with E-state index >= 15 is 0 Å². The number of amides is 1. The zero-order valence-electron chi connectivity index (χ0n) is 13.8. The highest BCUT2D eigenvalue weighted by atomic mass is 32.1. The Kier molecular flexibility index (Phi) is 4.46. The Balaban J connectivity index is 1.82. The Hall–Kier alpha value is -3.05. The van der Waals surface area contributed by atoms with Gasteiger partial charge < -0.3 is 4.57 Å². The van der Waals surface area contributed by atoms with Crippen molar-refractivity contribution >= 4 is 27.5 Å². The molecule has 0 aliphatic rings. The van der Waals surface area contributed by atoms with Crippen molar-refractivity contribution in [3.05, 3.63) is 101 Å². The molecule has 4 rings (SSSR count). The lowest BCUT2D eigenvalue weighted by Crippen LogP contribution is -2.17. The monoisotopic (exact) mass is 362 g/mol. The second-order valence-electron chi connectivity index (χ2n) is 5.85. The van der Waals surface area contributed by atoms with E-state index in [9.17, 15) is 9.18 Å². The molecular weight excluding hydrogens is 347 g/mol. The van der Waals surface area contributed by atoms with Crippen LogP contribution in [0.3, 0.4) is 0 Å². The Morgan fingerprint density at radius 2 is 1.62 bits per heavy atom. The smallest absolute Gasteiger partial charge is 0.279 e. The molecule has 0 saturated carbocycles. The first kappa shape index (κ1) is 16.4. The van der Waals surface area contributed by atoms with Crippen LogP contribution < -0.4 is 4.80 Å². The third-order valence-electron chi connectivity index (χ3n) is 4.06. The molecule has 4 aromatic rings. The summed E-state index contributed by atoms with van der Waals surface area (Å²) in [5.74, 6) is -0.749. The SMILES string of the molecule is O=C(N=c1sc2ccccc2n1Cc1ccccc1)c1ccc(F)cc1. The van der Waals surface area contributed by atoms with E-state index in [-0.39, 0.29) is 11.7 Å². The fraction of sp³-hybridized carbons (Fsp3) is 0.0476. The number of hydrogen-bond donors (Lipinski definition) is 0. The molecule has 1 heterocycles. The van der Waals surface area contributed by atoms with Crippen LogP contribution >= 0.6 is 11.3 Å². The van der Waals surface area contributed by atoms with Gasteiger partial charge in [0.05, 0.1) is 16.8 Å². The van der Waals surface area contributed by atoms with Crippen molar-refractivity contribution in [2.24, 2.45) is 4.99 Å². The van der Waals surface area contributed by atoms with E-state index < -0.39 is 0 Å². The van der Waals surface area contributed by atoms with Crippen LogP contribution in [0.4, 0.5) is 4.39 Å². The van der Waals surface area contributed by atoms with Gasteiger partial charge in [-0.15, -0.1) is 0 Å². The third-order valence-corrected chi connectivity index (χ3v) is 5.12. The van der Waals surface area contributed by atoms with Crippen molar-refractivity contribution < 1.29 is 9.18 Å². The standard InChI is InChI=1S/C21H15FN2OS/c22-17-12-10-16(11-13-17)20(25)23-21-24(14-15-6-2-1-3-7-15)18-8-4-5-9-19(18)26-21/h1-13H,14H2. The van der Waals surface area contributed by atoms with Crippen molar-refractivity contribution in [2.45, 2.75) is 6.54 Å². The van der Waals surface area contributed by atoms with Crippen LogP contribution in [0.1, 0.15) is 15.9 Å². The lowest BCUT2D eigenvalue weighted by molar-refractivity contribution is 0.0998. The summed E-state index contributed by atoms with van der Waals surface area (Å²) in [6.07, 6.45) is 0. The fourth-order valence-electron chi connectivity index (χ4n) is 2.77. The molecule has 0 saturated heterocycles. The minimum atomic E-state index is -0.377. The minimum Gasteiger partial charge on any atom is -0.312 e. The van der Waals surface area contributed by atoms with Crippen molar-refractivity contribution in [1.82, 2.24) is 4.57 Å². The lowest BCUT2D eigenvalue weighted by atomic mass is 10.2. The van der Waals surface area contributed by atoms with Gasteiger partial charge in [-0.3, -0.25) is 4.79 Å². The molecule has 0 radical (unpaired) electrons. The molecule has 0 N–H and O–H groups in total. The Labute approximate surface area is 153 Å². The molecular formula is C21H15FN2OS. The summed E-state index contributed by atoms with van der Waals surface area (Å²) in [7, 11) is 0. The van der Waals surface area contributed by atoms with Gasteiger partial charge in [-0.1, -0.05) is 53.8 Å². The Bertz CT molecular complexity index is 1130. The highest BCUT2D eigenvalue weighted by molar-refractivity contribution is 7.16. The number of fused-ring (bicyclic) bond motifs is 1. The number of benzene rings is 3. The first-order valence-electron chi connectivity index (χ1n) is 8.17. The van der Waals surface area contributed by atoms with Crippen LogP contribution in [0.5, 0.6) is 0 Å². The maximum absolute atomic E-state index is 13.1. The van der Waals surface area contributed by atoms with Gasteiger partial charge in [-0.05, 0) is 42.0 Å². The largest absolute Gasteiger partial charge is 0.312 e. The van der Waals surface area contributed by atoms with E-state index in [0.29, 0.717) is 16.9 Å².